The molecule has 3 aromatic rings. The van der Waals surface area contributed by atoms with Crippen molar-refractivity contribution in [2.45, 2.75) is 11.4 Å². The van der Waals surface area contributed by atoms with Crippen LogP contribution in [0.2, 0.25) is 0 Å². The maximum Gasteiger partial charge on any atom is 0.197 e. The highest BCUT2D eigenvalue weighted by atomic mass is 79.9. The minimum Gasteiger partial charge on any atom is -0.339 e. The third-order valence-electron chi connectivity index (χ3n) is 3.54. The van der Waals surface area contributed by atoms with Crippen LogP contribution in [0.15, 0.2) is 50.1 Å². The molecule has 0 N–H and O–H groups in total. The third kappa shape index (κ3) is 3.07. The molecule has 0 radical (unpaired) electrons. The van der Waals surface area contributed by atoms with Gasteiger partial charge in [-0.25, -0.2) is 0 Å². The van der Waals surface area contributed by atoms with E-state index in [1.54, 1.807) is 0 Å². The van der Waals surface area contributed by atoms with E-state index in [4.69, 9.17) is 0 Å². The smallest absolute Gasteiger partial charge is 0.197 e. The summed E-state index contributed by atoms with van der Waals surface area (Å²) >= 11 is 14.1. The highest BCUT2D eigenvalue weighted by molar-refractivity contribution is 9.12. The van der Waals surface area contributed by atoms with Crippen LogP contribution in [0.4, 0.5) is 0 Å². The van der Waals surface area contributed by atoms with E-state index in [0.29, 0.717) is 0 Å². The lowest BCUT2D eigenvalue weighted by Gasteiger charge is -2.17. The van der Waals surface area contributed by atoms with Gasteiger partial charge in [0.2, 0.25) is 0 Å². The van der Waals surface area contributed by atoms with Gasteiger partial charge in [-0.2, -0.15) is 0 Å². The van der Waals surface area contributed by atoms with Gasteiger partial charge in [0.05, 0.1) is 11.0 Å². The Kier molecular flexibility index (Phi) is 5.12. The molecule has 114 valence electrons. The molecule has 2 nitrogen and oxygen atoms in total. The Bertz CT molecular complexity index is 853. The lowest BCUT2D eigenvalue weighted by molar-refractivity contribution is 0.751. The van der Waals surface area contributed by atoms with Gasteiger partial charge in [0.15, 0.2) is 5.43 Å². The standard InChI is InChI=1S/C16H11Br4NO/c17-7-11(20)8-21-14-3-1-9(18)5-12(14)16(22)13-6-10(19)2-4-15(13)21/h1-6,11H,7-8H2/t11-/m1/s1. The first-order valence-corrected chi connectivity index (χ1v) is 10.2. The number of hydrogen-bond donors (Lipinski definition) is 0. The second kappa shape index (κ2) is 6.75. The molecule has 2 aromatic carbocycles. The molecule has 3 rings (SSSR count). The third-order valence-corrected chi connectivity index (χ3v) is 6.79. The van der Waals surface area contributed by atoms with Gasteiger partial charge in [0.1, 0.15) is 0 Å². The van der Waals surface area contributed by atoms with Crippen LogP contribution in [-0.2, 0) is 6.54 Å². The molecule has 1 aromatic heterocycles. The average Bonchev–Trinajstić information content (AvgIpc) is 2.51. The van der Waals surface area contributed by atoms with Crippen molar-refractivity contribution >= 4 is 85.5 Å². The van der Waals surface area contributed by atoms with Gasteiger partial charge in [-0.3, -0.25) is 4.79 Å². The van der Waals surface area contributed by atoms with E-state index in [1.165, 1.54) is 0 Å². The van der Waals surface area contributed by atoms with E-state index in [2.05, 4.69) is 68.3 Å². The van der Waals surface area contributed by atoms with Gasteiger partial charge in [-0.15, -0.1) is 0 Å². The molecule has 22 heavy (non-hydrogen) atoms. The Morgan fingerprint density at radius 1 is 0.955 bits per heavy atom. The largest absolute Gasteiger partial charge is 0.339 e. The van der Waals surface area contributed by atoms with E-state index in [9.17, 15) is 4.79 Å². The molecular formula is C16H11Br4NO. The van der Waals surface area contributed by atoms with Gasteiger partial charge >= 0.3 is 0 Å². The van der Waals surface area contributed by atoms with Crippen molar-refractivity contribution in [1.29, 1.82) is 0 Å². The summed E-state index contributed by atoms with van der Waals surface area (Å²) in [6.07, 6.45) is 0. The summed E-state index contributed by atoms with van der Waals surface area (Å²) in [6, 6.07) is 11.7. The number of rotatable bonds is 3. The van der Waals surface area contributed by atoms with Crippen LogP contribution in [0.25, 0.3) is 21.8 Å². The van der Waals surface area contributed by atoms with E-state index in [1.807, 2.05) is 36.4 Å². The Hall–Kier alpha value is -0.170. The Morgan fingerprint density at radius 3 is 1.91 bits per heavy atom. The topological polar surface area (TPSA) is 22.0 Å². The maximum atomic E-state index is 12.8. The zero-order valence-electron chi connectivity index (χ0n) is 11.3. The maximum absolute atomic E-state index is 12.8. The van der Waals surface area contributed by atoms with Gasteiger partial charge < -0.3 is 4.57 Å². The summed E-state index contributed by atoms with van der Waals surface area (Å²) in [7, 11) is 0. The lowest BCUT2D eigenvalue weighted by Crippen LogP contribution is -2.17. The van der Waals surface area contributed by atoms with Crippen molar-refractivity contribution in [3.63, 3.8) is 0 Å². The highest BCUT2D eigenvalue weighted by Crippen LogP contribution is 2.25. The normalized spacial score (nSPS) is 12.9. The van der Waals surface area contributed by atoms with Crippen molar-refractivity contribution in [3.8, 4) is 0 Å². The number of halogens is 4. The minimum atomic E-state index is 0.0637. The van der Waals surface area contributed by atoms with E-state index >= 15 is 0 Å². The number of benzene rings is 2. The van der Waals surface area contributed by atoms with Gasteiger partial charge in [0.25, 0.3) is 0 Å². The lowest BCUT2D eigenvalue weighted by atomic mass is 10.1. The fraction of sp³-hybridized carbons (Fsp3) is 0.188. The fourth-order valence-corrected chi connectivity index (χ4v) is 3.79. The predicted molar refractivity (Wildman–Crippen MR) is 108 cm³/mol. The molecule has 0 aliphatic rings. The molecule has 0 saturated carbocycles. The molecule has 0 aliphatic heterocycles. The molecule has 0 bridgehead atoms. The van der Waals surface area contributed by atoms with Crippen molar-refractivity contribution in [3.05, 3.63) is 55.6 Å². The SMILES string of the molecule is O=c1c2cc(Br)ccc2n(C[C@H](Br)CBr)c2ccc(Br)cc12. The number of aromatic nitrogens is 1. The van der Waals surface area contributed by atoms with Crippen LogP contribution >= 0.6 is 63.7 Å². The molecular weight excluding hydrogens is 542 g/mol. The van der Waals surface area contributed by atoms with Crippen molar-refractivity contribution in [1.82, 2.24) is 4.57 Å². The van der Waals surface area contributed by atoms with Crippen LogP contribution in [0.5, 0.6) is 0 Å². The predicted octanol–water partition coefficient (Wildman–Crippen LogP) is 5.84. The van der Waals surface area contributed by atoms with Crippen molar-refractivity contribution in [2.24, 2.45) is 0 Å². The Morgan fingerprint density at radius 2 is 1.45 bits per heavy atom. The zero-order chi connectivity index (χ0) is 15.9. The monoisotopic (exact) mass is 549 g/mol. The van der Waals surface area contributed by atoms with Crippen LogP contribution in [0, 0.1) is 0 Å². The summed E-state index contributed by atoms with van der Waals surface area (Å²) in [6.45, 7) is 0.780. The molecule has 1 atom stereocenters. The molecule has 0 unspecified atom stereocenters. The summed E-state index contributed by atoms with van der Waals surface area (Å²) in [4.78, 5) is 13.1. The first-order valence-electron chi connectivity index (χ1n) is 6.62. The number of nitrogens with zero attached hydrogens (tertiary/aromatic N) is 1. The molecule has 1 heterocycles. The summed E-state index contributed by atoms with van der Waals surface area (Å²) in [5, 5.41) is 2.30. The Balaban J connectivity index is 2.46. The fourth-order valence-electron chi connectivity index (χ4n) is 2.57. The Labute approximate surface area is 161 Å². The van der Waals surface area contributed by atoms with E-state index < -0.39 is 0 Å². The van der Waals surface area contributed by atoms with Crippen LogP contribution in [0.1, 0.15) is 0 Å². The minimum absolute atomic E-state index is 0.0637. The number of alkyl halides is 2. The molecule has 0 aliphatic carbocycles. The zero-order valence-corrected chi connectivity index (χ0v) is 17.7. The van der Waals surface area contributed by atoms with E-state index in [-0.39, 0.29) is 10.3 Å². The first-order chi connectivity index (χ1) is 10.5. The van der Waals surface area contributed by atoms with Gasteiger partial charge in [-0.05, 0) is 36.4 Å². The average molecular weight is 553 g/mol. The van der Waals surface area contributed by atoms with Crippen LogP contribution in [-0.4, -0.2) is 14.7 Å². The molecule has 6 heteroatoms. The van der Waals surface area contributed by atoms with Crippen LogP contribution in [0.3, 0.4) is 0 Å². The summed E-state index contributed by atoms with van der Waals surface area (Å²) < 4.78 is 4.02. The number of fused-ring (bicyclic) bond motifs is 2. The van der Waals surface area contributed by atoms with Gasteiger partial charge in [0, 0.05) is 36.4 Å². The molecule has 0 fully saturated rings. The quantitative estimate of drug-likeness (QED) is 0.296. The first kappa shape index (κ1) is 16.7. The second-order valence-electron chi connectivity index (χ2n) is 5.01. The molecule has 0 amide bonds. The van der Waals surface area contributed by atoms with Crippen LogP contribution < -0.4 is 5.43 Å². The number of pyridine rings is 1. The number of hydrogen-bond acceptors (Lipinski definition) is 1. The van der Waals surface area contributed by atoms with Gasteiger partial charge in [-0.1, -0.05) is 63.7 Å². The molecule has 0 spiro atoms. The van der Waals surface area contributed by atoms with Crippen molar-refractivity contribution < 1.29 is 0 Å². The summed E-state index contributed by atoms with van der Waals surface area (Å²) in [5.74, 6) is 0. The van der Waals surface area contributed by atoms with E-state index in [0.717, 1.165) is 42.6 Å². The summed E-state index contributed by atoms with van der Waals surface area (Å²) in [5.41, 5.74) is 1.97. The molecule has 0 saturated heterocycles. The second-order valence-corrected chi connectivity index (χ2v) is 8.79. The highest BCUT2D eigenvalue weighted by Gasteiger charge is 2.14. The van der Waals surface area contributed by atoms with Crippen molar-refractivity contribution in [2.75, 3.05) is 5.33 Å².